The van der Waals surface area contributed by atoms with E-state index in [1.807, 2.05) is 48.7 Å². The zero-order chi connectivity index (χ0) is 21.6. The van der Waals surface area contributed by atoms with Crippen LogP contribution < -0.4 is 14.8 Å². The van der Waals surface area contributed by atoms with Crippen molar-refractivity contribution in [2.24, 2.45) is 0 Å². The topological polar surface area (TPSA) is 63.4 Å². The van der Waals surface area contributed by atoms with Gasteiger partial charge < -0.3 is 19.8 Å². The first-order valence-electron chi connectivity index (χ1n) is 9.99. The molecule has 4 rings (SSSR count). The second-order valence-corrected chi connectivity index (χ2v) is 7.60. The average molecular weight is 435 g/mol. The summed E-state index contributed by atoms with van der Waals surface area (Å²) in [7, 11) is 1.65. The lowest BCUT2D eigenvalue weighted by Crippen LogP contribution is -2.32. The summed E-state index contributed by atoms with van der Waals surface area (Å²) in [5, 5.41) is 4.77. The van der Waals surface area contributed by atoms with Crippen LogP contribution in [0, 0.1) is 0 Å². The summed E-state index contributed by atoms with van der Waals surface area (Å²) >= 11 is 5.88. The number of H-pyrrole nitrogens is 1. The number of aromatic amines is 1. The Hall–Kier alpha value is -3.44. The predicted molar refractivity (Wildman–Crippen MR) is 123 cm³/mol. The number of ether oxygens (including phenoxy) is 2. The number of carbonyl (C=O) groups is 1. The molecule has 0 saturated carbocycles. The van der Waals surface area contributed by atoms with Crippen LogP contribution in [0.4, 0.5) is 0 Å². The van der Waals surface area contributed by atoms with Crippen molar-refractivity contribution in [2.75, 3.05) is 20.3 Å². The molecule has 0 aliphatic carbocycles. The van der Waals surface area contributed by atoms with Crippen LogP contribution in [0.1, 0.15) is 17.0 Å². The lowest BCUT2D eigenvalue weighted by Gasteiger charge is -2.19. The van der Waals surface area contributed by atoms with E-state index in [4.69, 9.17) is 21.1 Å². The maximum Gasteiger partial charge on any atom is 0.257 e. The number of hydrogen-bond donors (Lipinski definition) is 2. The Bertz CT molecular complexity index is 1150. The molecule has 0 saturated heterocycles. The predicted octanol–water partition coefficient (Wildman–Crippen LogP) is 5.16. The van der Waals surface area contributed by atoms with Gasteiger partial charge in [-0.05, 0) is 53.6 Å². The monoisotopic (exact) mass is 434 g/mol. The molecule has 3 aromatic carbocycles. The van der Waals surface area contributed by atoms with Crippen LogP contribution in [0.25, 0.3) is 10.9 Å². The molecule has 0 aliphatic heterocycles. The van der Waals surface area contributed by atoms with Crippen molar-refractivity contribution in [3.8, 4) is 11.5 Å². The molecule has 0 aliphatic rings. The van der Waals surface area contributed by atoms with Gasteiger partial charge in [0.25, 0.3) is 5.91 Å². The lowest BCUT2D eigenvalue weighted by molar-refractivity contribution is -0.123. The highest BCUT2D eigenvalue weighted by molar-refractivity contribution is 6.30. The minimum Gasteiger partial charge on any atom is -0.497 e. The number of para-hydroxylation sites is 1. The van der Waals surface area contributed by atoms with E-state index in [0.29, 0.717) is 17.3 Å². The Morgan fingerprint density at radius 3 is 2.45 bits per heavy atom. The third-order valence-corrected chi connectivity index (χ3v) is 5.45. The van der Waals surface area contributed by atoms with E-state index in [9.17, 15) is 4.79 Å². The van der Waals surface area contributed by atoms with E-state index in [1.165, 1.54) is 0 Å². The van der Waals surface area contributed by atoms with Crippen molar-refractivity contribution in [3.63, 3.8) is 0 Å². The van der Waals surface area contributed by atoms with Crippen LogP contribution in [0.15, 0.2) is 79.0 Å². The van der Waals surface area contributed by atoms with Crippen LogP contribution in [-0.4, -0.2) is 31.2 Å². The van der Waals surface area contributed by atoms with Crippen LogP contribution >= 0.6 is 11.6 Å². The quantitative estimate of drug-likeness (QED) is 0.402. The van der Waals surface area contributed by atoms with Gasteiger partial charge in [-0.25, -0.2) is 0 Å². The summed E-state index contributed by atoms with van der Waals surface area (Å²) in [5.74, 6) is 1.18. The van der Waals surface area contributed by atoms with Crippen molar-refractivity contribution < 1.29 is 14.3 Å². The zero-order valence-corrected chi connectivity index (χ0v) is 17.9. The van der Waals surface area contributed by atoms with Crippen LogP contribution in [-0.2, 0) is 4.79 Å². The van der Waals surface area contributed by atoms with Crippen molar-refractivity contribution in [2.45, 2.75) is 5.92 Å². The van der Waals surface area contributed by atoms with Gasteiger partial charge in [0.05, 0.1) is 7.11 Å². The number of methoxy groups -OCH3 is 1. The van der Waals surface area contributed by atoms with Gasteiger partial charge in [-0.2, -0.15) is 0 Å². The second-order valence-electron chi connectivity index (χ2n) is 7.16. The van der Waals surface area contributed by atoms with Crippen LogP contribution in [0.3, 0.4) is 0 Å². The van der Waals surface area contributed by atoms with Gasteiger partial charge in [-0.3, -0.25) is 4.79 Å². The van der Waals surface area contributed by atoms with Gasteiger partial charge in [0, 0.05) is 34.6 Å². The second kappa shape index (κ2) is 9.58. The van der Waals surface area contributed by atoms with E-state index in [2.05, 4.69) is 16.4 Å². The number of rotatable bonds is 8. The molecule has 158 valence electrons. The number of hydrogen-bond acceptors (Lipinski definition) is 3. The number of nitrogens with one attached hydrogen (secondary N) is 2. The van der Waals surface area contributed by atoms with Gasteiger partial charge in [0.15, 0.2) is 6.61 Å². The third-order valence-electron chi connectivity index (χ3n) is 5.20. The third kappa shape index (κ3) is 5.01. The Morgan fingerprint density at radius 1 is 1.00 bits per heavy atom. The average Bonchev–Trinajstić information content (AvgIpc) is 3.23. The highest BCUT2D eigenvalue weighted by Gasteiger charge is 2.19. The molecular weight excluding hydrogens is 412 g/mol. The maximum absolute atomic E-state index is 12.5. The standard InChI is InChI=1S/C25H23ClN2O3/c1-30-19-10-6-17(7-11-19)22(23-15-27-24-5-3-2-4-21(23)24)14-28-25(29)16-31-20-12-8-18(26)9-13-20/h2-13,15,22,27H,14,16H2,1H3,(H,28,29)/t22-/m0/s1. The summed E-state index contributed by atoms with van der Waals surface area (Å²) in [6, 6.07) is 23.0. The maximum atomic E-state index is 12.5. The van der Waals surface area contributed by atoms with Crippen molar-refractivity contribution in [1.82, 2.24) is 10.3 Å². The molecule has 0 spiro atoms. The fourth-order valence-electron chi connectivity index (χ4n) is 3.57. The molecule has 1 aromatic heterocycles. The van der Waals surface area contributed by atoms with Crippen LogP contribution in [0.5, 0.6) is 11.5 Å². The molecule has 0 fully saturated rings. The smallest absolute Gasteiger partial charge is 0.257 e. The van der Waals surface area contributed by atoms with Crippen LogP contribution in [0.2, 0.25) is 5.02 Å². The number of benzene rings is 3. The first-order valence-corrected chi connectivity index (χ1v) is 10.4. The van der Waals surface area contributed by atoms with Gasteiger partial charge in [0.1, 0.15) is 11.5 Å². The van der Waals surface area contributed by atoms with E-state index in [-0.39, 0.29) is 18.4 Å². The summed E-state index contributed by atoms with van der Waals surface area (Å²) < 4.78 is 10.8. The normalized spacial score (nSPS) is 11.8. The highest BCUT2D eigenvalue weighted by atomic mass is 35.5. The lowest BCUT2D eigenvalue weighted by atomic mass is 9.91. The molecule has 1 amide bonds. The molecule has 31 heavy (non-hydrogen) atoms. The summed E-state index contributed by atoms with van der Waals surface area (Å²) in [6.07, 6.45) is 2.01. The molecule has 0 bridgehead atoms. The first kappa shape index (κ1) is 20.8. The molecule has 1 atom stereocenters. The van der Waals surface area contributed by atoms with E-state index >= 15 is 0 Å². The van der Waals surface area contributed by atoms with Gasteiger partial charge in [-0.15, -0.1) is 0 Å². The summed E-state index contributed by atoms with van der Waals surface area (Å²) in [4.78, 5) is 15.8. The summed E-state index contributed by atoms with van der Waals surface area (Å²) in [5.41, 5.74) is 3.28. The number of carbonyl (C=O) groups excluding carboxylic acids is 1. The zero-order valence-electron chi connectivity index (χ0n) is 17.1. The summed E-state index contributed by atoms with van der Waals surface area (Å²) in [6.45, 7) is 0.377. The Morgan fingerprint density at radius 2 is 1.71 bits per heavy atom. The number of fused-ring (bicyclic) bond motifs is 1. The minimum atomic E-state index is -0.187. The van der Waals surface area contributed by atoms with Crippen molar-refractivity contribution in [3.05, 3.63) is 95.1 Å². The van der Waals surface area contributed by atoms with Gasteiger partial charge in [-0.1, -0.05) is 41.9 Å². The molecule has 4 aromatic rings. The van der Waals surface area contributed by atoms with Gasteiger partial charge >= 0.3 is 0 Å². The Balaban J connectivity index is 1.50. The fourth-order valence-corrected chi connectivity index (χ4v) is 3.70. The number of halogens is 1. The molecular formula is C25H23ClN2O3. The largest absolute Gasteiger partial charge is 0.497 e. The number of aromatic nitrogens is 1. The number of amides is 1. The van der Waals surface area contributed by atoms with E-state index < -0.39 is 0 Å². The Labute approximate surface area is 186 Å². The molecule has 0 unspecified atom stereocenters. The SMILES string of the molecule is COc1ccc([C@H](CNC(=O)COc2ccc(Cl)cc2)c2c[nH]c3ccccc23)cc1. The minimum absolute atomic E-state index is 0.0264. The molecule has 5 nitrogen and oxygen atoms in total. The molecule has 0 radical (unpaired) electrons. The first-order chi connectivity index (χ1) is 15.1. The van der Waals surface area contributed by atoms with Gasteiger partial charge in [0.2, 0.25) is 0 Å². The van der Waals surface area contributed by atoms with Crippen molar-refractivity contribution in [1.29, 1.82) is 0 Å². The van der Waals surface area contributed by atoms with E-state index in [1.54, 1.807) is 31.4 Å². The molecule has 6 heteroatoms. The Kier molecular flexibility index (Phi) is 6.43. The fraction of sp³-hybridized carbons (Fsp3) is 0.160. The highest BCUT2D eigenvalue weighted by Crippen LogP contribution is 2.31. The van der Waals surface area contributed by atoms with E-state index in [0.717, 1.165) is 27.8 Å². The molecule has 2 N–H and O–H groups in total. The van der Waals surface area contributed by atoms with Crippen molar-refractivity contribution >= 4 is 28.4 Å². The molecule has 1 heterocycles.